The highest BCUT2D eigenvalue weighted by atomic mass is 32.1. The van der Waals surface area contributed by atoms with Crippen LogP contribution < -0.4 is 11.1 Å². The van der Waals surface area contributed by atoms with Gasteiger partial charge in [-0.15, -0.1) is 22.7 Å². The van der Waals surface area contributed by atoms with Gasteiger partial charge in [-0.05, 0) is 48.8 Å². The molecule has 1 aliphatic carbocycles. The van der Waals surface area contributed by atoms with Crippen molar-refractivity contribution in [3.05, 3.63) is 38.7 Å². The number of nitrogens with zero attached hydrogens (tertiary/aromatic N) is 2. The molecule has 0 saturated heterocycles. The Morgan fingerprint density at radius 1 is 1.39 bits per heavy atom. The average Bonchev–Trinajstić information content (AvgIpc) is 3.17. The van der Waals surface area contributed by atoms with E-state index in [4.69, 9.17) is 5.73 Å². The van der Waals surface area contributed by atoms with Gasteiger partial charge in [0.05, 0.1) is 11.3 Å². The molecule has 3 heterocycles. The van der Waals surface area contributed by atoms with Crippen molar-refractivity contribution in [2.75, 3.05) is 11.1 Å². The molecule has 1 amide bonds. The lowest BCUT2D eigenvalue weighted by Crippen LogP contribution is -2.12. The van der Waals surface area contributed by atoms with Crippen LogP contribution in [0.2, 0.25) is 0 Å². The fourth-order valence-electron chi connectivity index (χ4n) is 3.62. The summed E-state index contributed by atoms with van der Waals surface area (Å²) in [6, 6.07) is 6.19. The molecule has 7 heteroatoms. The molecule has 3 N–H and O–H groups in total. The van der Waals surface area contributed by atoms with Crippen molar-refractivity contribution >= 4 is 49.5 Å². The maximum atomic E-state index is 13.0. The molecule has 28 heavy (non-hydrogen) atoms. The molecule has 5 nitrogen and oxygen atoms in total. The van der Waals surface area contributed by atoms with E-state index in [1.54, 1.807) is 0 Å². The summed E-state index contributed by atoms with van der Waals surface area (Å²) >= 11 is 2.83. The van der Waals surface area contributed by atoms with Crippen LogP contribution in [0, 0.1) is 17.2 Å². The predicted octanol–water partition coefficient (Wildman–Crippen LogP) is 5.31. The van der Waals surface area contributed by atoms with Gasteiger partial charge in [-0.3, -0.25) is 4.79 Å². The SMILES string of the molecule is CC1CCc2c(sc(NC(=O)c3sc4nc(C(C)C)ccc4c3N)c2C#N)C1. The summed E-state index contributed by atoms with van der Waals surface area (Å²) in [5, 5.41) is 14.0. The van der Waals surface area contributed by atoms with E-state index >= 15 is 0 Å². The number of nitrogens with two attached hydrogens (primary N) is 1. The molecule has 3 aromatic heterocycles. The third kappa shape index (κ3) is 3.17. The highest BCUT2D eigenvalue weighted by Gasteiger charge is 2.26. The van der Waals surface area contributed by atoms with Crippen LogP contribution in [0.1, 0.15) is 64.5 Å². The lowest BCUT2D eigenvalue weighted by atomic mass is 9.89. The van der Waals surface area contributed by atoms with E-state index in [0.717, 1.165) is 40.7 Å². The Labute approximate surface area is 172 Å². The van der Waals surface area contributed by atoms with Gasteiger partial charge in [0.25, 0.3) is 5.91 Å². The zero-order valence-corrected chi connectivity index (χ0v) is 17.8. The van der Waals surface area contributed by atoms with Crippen LogP contribution in [0.3, 0.4) is 0 Å². The number of rotatable bonds is 3. The van der Waals surface area contributed by atoms with E-state index in [0.29, 0.717) is 33.0 Å². The summed E-state index contributed by atoms with van der Waals surface area (Å²) in [5.41, 5.74) is 9.40. The van der Waals surface area contributed by atoms with Gasteiger partial charge in [0.1, 0.15) is 20.8 Å². The normalized spacial score (nSPS) is 16.2. The van der Waals surface area contributed by atoms with E-state index in [-0.39, 0.29) is 5.91 Å². The third-order valence-electron chi connectivity index (χ3n) is 5.26. The maximum absolute atomic E-state index is 13.0. The molecule has 0 spiro atoms. The second kappa shape index (κ2) is 7.19. The zero-order chi connectivity index (χ0) is 20.0. The van der Waals surface area contributed by atoms with Crippen molar-refractivity contribution in [1.29, 1.82) is 5.26 Å². The highest BCUT2D eigenvalue weighted by molar-refractivity contribution is 7.21. The van der Waals surface area contributed by atoms with Crippen molar-refractivity contribution < 1.29 is 4.79 Å². The van der Waals surface area contributed by atoms with E-state index < -0.39 is 0 Å². The first-order valence-corrected chi connectivity index (χ1v) is 11.1. The van der Waals surface area contributed by atoms with Crippen LogP contribution in [-0.4, -0.2) is 10.9 Å². The first-order chi connectivity index (χ1) is 13.4. The minimum Gasteiger partial charge on any atom is -0.397 e. The van der Waals surface area contributed by atoms with Crippen LogP contribution >= 0.6 is 22.7 Å². The number of fused-ring (bicyclic) bond motifs is 2. The van der Waals surface area contributed by atoms with Crippen LogP contribution in [0.15, 0.2) is 12.1 Å². The van der Waals surface area contributed by atoms with Gasteiger partial charge < -0.3 is 11.1 Å². The van der Waals surface area contributed by atoms with Crippen molar-refractivity contribution in [3.8, 4) is 6.07 Å². The van der Waals surface area contributed by atoms with E-state index in [1.807, 2.05) is 12.1 Å². The van der Waals surface area contributed by atoms with Gasteiger partial charge in [-0.25, -0.2) is 4.98 Å². The number of hydrogen-bond donors (Lipinski definition) is 2. The summed E-state index contributed by atoms with van der Waals surface area (Å²) in [5.74, 6) is 0.651. The molecule has 0 fully saturated rings. The van der Waals surface area contributed by atoms with Crippen LogP contribution in [0.25, 0.3) is 10.2 Å². The number of nitrogens with one attached hydrogen (secondary N) is 1. The number of aromatic nitrogens is 1. The lowest BCUT2D eigenvalue weighted by Gasteiger charge is -2.17. The number of pyridine rings is 1. The minimum atomic E-state index is -0.269. The molecule has 0 aromatic carbocycles. The number of hydrogen-bond acceptors (Lipinski definition) is 6. The number of nitrogen functional groups attached to an aromatic ring is 1. The van der Waals surface area contributed by atoms with Gasteiger partial charge in [0.2, 0.25) is 0 Å². The lowest BCUT2D eigenvalue weighted by molar-refractivity contribution is 0.103. The fraction of sp³-hybridized carbons (Fsp3) is 0.381. The molecule has 0 radical (unpaired) electrons. The Morgan fingerprint density at radius 3 is 2.89 bits per heavy atom. The van der Waals surface area contributed by atoms with Crippen molar-refractivity contribution in [2.45, 2.75) is 46.0 Å². The molecular weight excluding hydrogens is 388 g/mol. The third-order valence-corrected chi connectivity index (χ3v) is 7.55. The highest BCUT2D eigenvalue weighted by Crippen LogP contribution is 2.40. The van der Waals surface area contributed by atoms with Gasteiger partial charge >= 0.3 is 0 Å². The molecule has 0 saturated carbocycles. The Hall–Kier alpha value is -2.43. The average molecular weight is 411 g/mol. The summed E-state index contributed by atoms with van der Waals surface area (Å²) in [4.78, 5) is 20.1. The van der Waals surface area contributed by atoms with Gasteiger partial charge in [0.15, 0.2) is 0 Å². The second-order valence-electron chi connectivity index (χ2n) is 7.71. The molecule has 144 valence electrons. The number of carbonyl (C=O) groups is 1. The second-order valence-corrected chi connectivity index (χ2v) is 9.81. The first kappa shape index (κ1) is 18.9. The van der Waals surface area contributed by atoms with E-state index in [1.165, 1.54) is 27.6 Å². The van der Waals surface area contributed by atoms with Gasteiger partial charge in [0, 0.05) is 16.0 Å². The van der Waals surface area contributed by atoms with Gasteiger partial charge in [-0.2, -0.15) is 5.26 Å². The molecule has 1 unspecified atom stereocenters. The number of nitriles is 1. The van der Waals surface area contributed by atoms with E-state index in [2.05, 4.69) is 37.1 Å². The molecule has 0 aliphatic heterocycles. The number of thiophene rings is 2. The predicted molar refractivity (Wildman–Crippen MR) is 116 cm³/mol. The molecule has 1 atom stereocenters. The van der Waals surface area contributed by atoms with Gasteiger partial charge in [-0.1, -0.05) is 20.8 Å². The summed E-state index contributed by atoms with van der Waals surface area (Å²) in [6.45, 7) is 6.40. The summed E-state index contributed by atoms with van der Waals surface area (Å²) in [6.07, 6.45) is 2.95. The summed E-state index contributed by atoms with van der Waals surface area (Å²) < 4.78 is 0. The summed E-state index contributed by atoms with van der Waals surface area (Å²) in [7, 11) is 0. The number of carbonyl (C=O) groups excluding carboxylic acids is 1. The Bertz CT molecular complexity index is 1120. The fourth-order valence-corrected chi connectivity index (χ4v) is 5.97. The molecular formula is C21H22N4OS2. The maximum Gasteiger partial charge on any atom is 0.268 e. The van der Waals surface area contributed by atoms with E-state index in [9.17, 15) is 10.1 Å². The quantitative estimate of drug-likeness (QED) is 0.612. The molecule has 3 aromatic rings. The molecule has 1 aliphatic rings. The monoisotopic (exact) mass is 410 g/mol. The standard InChI is InChI=1S/C21H22N4OS2/c1-10(2)15-7-6-13-17(23)18(28-20(13)24-15)19(26)25-21-14(9-22)12-5-4-11(3)8-16(12)27-21/h6-7,10-11H,4-5,8,23H2,1-3H3,(H,25,26). The van der Waals surface area contributed by atoms with Crippen molar-refractivity contribution in [2.24, 2.45) is 5.92 Å². The minimum absolute atomic E-state index is 0.269. The van der Waals surface area contributed by atoms with Crippen molar-refractivity contribution in [1.82, 2.24) is 4.98 Å². The molecule has 0 bridgehead atoms. The largest absolute Gasteiger partial charge is 0.397 e. The Kier molecular flexibility index (Phi) is 4.86. The van der Waals surface area contributed by atoms with Crippen LogP contribution in [0.5, 0.6) is 0 Å². The molecule has 4 rings (SSSR count). The first-order valence-electron chi connectivity index (χ1n) is 9.44. The van der Waals surface area contributed by atoms with Crippen molar-refractivity contribution in [3.63, 3.8) is 0 Å². The zero-order valence-electron chi connectivity index (χ0n) is 16.1. The van der Waals surface area contributed by atoms with Crippen LogP contribution in [0.4, 0.5) is 10.7 Å². The smallest absolute Gasteiger partial charge is 0.268 e. The number of amides is 1. The van der Waals surface area contributed by atoms with Crippen LogP contribution in [-0.2, 0) is 12.8 Å². The Balaban J connectivity index is 1.68. The number of anilines is 2. The topological polar surface area (TPSA) is 91.8 Å². The Morgan fingerprint density at radius 2 is 2.18 bits per heavy atom.